The number of aldehydes is 1. The molecule has 0 aromatic carbocycles. The van der Waals surface area contributed by atoms with Crippen molar-refractivity contribution in [3.8, 4) is 0 Å². The lowest BCUT2D eigenvalue weighted by molar-refractivity contribution is -0.108. The third-order valence-corrected chi connectivity index (χ3v) is 2.73. The van der Waals surface area contributed by atoms with E-state index in [9.17, 15) is 4.79 Å². The summed E-state index contributed by atoms with van der Waals surface area (Å²) in [5.41, 5.74) is 0. The molecule has 0 aliphatic heterocycles. The van der Waals surface area contributed by atoms with Crippen LogP contribution in [0.25, 0.3) is 0 Å². The van der Waals surface area contributed by atoms with Gasteiger partial charge in [-0.3, -0.25) is 4.90 Å². The number of hydrogen-bond donors (Lipinski definition) is 1. The minimum atomic E-state index is 0.254. The van der Waals surface area contributed by atoms with Crippen molar-refractivity contribution < 1.29 is 9.90 Å². The van der Waals surface area contributed by atoms with Crippen molar-refractivity contribution in [3.05, 3.63) is 0 Å². The van der Waals surface area contributed by atoms with Gasteiger partial charge in [0.25, 0.3) is 0 Å². The Bertz CT molecular complexity index is 146. The van der Waals surface area contributed by atoms with Crippen LogP contribution in [0.5, 0.6) is 0 Å². The van der Waals surface area contributed by atoms with Crippen LogP contribution in [0, 0.1) is 0 Å². The highest BCUT2D eigenvalue weighted by Gasteiger charge is 2.23. The van der Waals surface area contributed by atoms with Crippen molar-refractivity contribution >= 4 is 6.29 Å². The van der Waals surface area contributed by atoms with E-state index in [4.69, 9.17) is 5.11 Å². The van der Waals surface area contributed by atoms with Crippen LogP contribution in [0.3, 0.4) is 0 Å². The molecular formula is C10H19NO2. The fourth-order valence-electron chi connectivity index (χ4n) is 1.72. The van der Waals surface area contributed by atoms with Crippen molar-refractivity contribution in [1.82, 2.24) is 4.90 Å². The van der Waals surface area contributed by atoms with Gasteiger partial charge in [0, 0.05) is 32.2 Å². The average Bonchev–Trinajstić information content (AvgIpc) is 2.06. The van der Waals surface area contributed by atoms with Crippen molar-refractivity contribution in [2.75, 3.05) is 19.7 Å². The van der Waals surface area contributed by atoms with Crippen LogP contribution < -0.4 is 0 Å². The fourth-order valence-corrected chi connectivity index (χ4v) is 1.72. The van der Waals surface area contributed by atoms with Crippen LogP contribution in [-0.4, -0.2) is 42.0 Å². The summed E-state index contributed by atoms with van der Waals surface area (Å²) < 4.78 is 0. The molecule has 0 radical (unpaired) electrons. The molecule has 0 unspecified atom stereocenters. The summed E-state index contributed by atoms with van der Waals surface area (Å²) in [6, 6.07) is 0.687. The average molecular weight is 185 g/mol. The predicted molar refractivity (Wildman–Crippen MR) is 51.6 cm³/mol. The van der Waals surface area contributed by atoms with Gasteiger partial charge in [-0.05, 0) is 19.3 Å². The standard InChI is InChI=1S/C10H19NO2/c12-8-2-6-11(7-3-9-13)10-4-1-5-10/h8,10,13H,1-7,9H2. The summed E-state index contributed by atoms with van der Waals surface area (Å²) in [7, 11) is 0. The van der Waals surface area contributed by atoms with Gasteiger partial charge in [0.05, 0.1) is 0 Å². The normalized spacial score (nSPS) is 17.4. The molecule has 1 rings (SSSR count). The van der Waals surface area contributed by atoms with E-state index in [2.05, 4.69) is 4.90 Å². The van der Waals surface area contributed by atoms with Crippen LogP contribution >= 0.6 is 0 Å². The second kappa shape index (κ2) is 6.11. The molecule has 1 aliphatic carbocycles. The van der Waals surface area contributed by atoms with Gasteiger partial charge in [-0.15, -0.1) is 0 Å². The SMILES string of the molecule is O=CCCN(CCCO)C1CCC1. The Hall–Kier alpha value is -0.410. The molecule has 0 aromatic heterocycles. The van der Waals surface area contributed by atoms with Crippen LogP contribution in [0.2, 0.25) is 0 Å². The van der Waals surface area contributed by atoms with Crippen molar-refractivity contribution in [1.29, 1.82) is 0 Å². The Kier molecular flexibility index (Phi) is 5.01. The maximum absolute atomic E-state index is 10.2. The van der Waals surface area contributed by atoms with Gasteiger partial charge in [0.2, 0.25) is 0 Å². The molecule has 0 aromatic rings. The van der Waals surface area contributed by atoms with Gasteiger partial charge < -0.3 is 9.90 Å². The number of nitrogens with zero attached hydrogens (tertiary/aromatic N) is 1. The second-order valence-corrected chi connectivity index (χ2v) is 3.65. The third-order valence-electron chi connectivity index (χ3n) is 2.73. The van der Waals surface area contributed by atoms with E-state index in [1.165, 1.54) is 19.3 Å². The zero-order valence-corrected chi connectivity index (χ0v) is 8.11. The summed E-state index contributed by atoms with van der Waals surface area (Å²) in [5, 5.41) is 8.72. The van der Waals surface area contributed by atoms with Crippen molar-refractivity contribution in [2.24, 2.45) is 0 Å². The van der Waals surface area contributed by atoms with E-state index in [1.807, 2.05) is 0 Å². The van der Waals surface area contributed by atoms with Crippen LogP contribution in [-0.2, 0) is 4.79 Å². The Morgan fingerprint density at radius 1 is 1.38 bits per heavy atom. The molecule has 0 atom stereocenters. The quantitative estimate of drug-likeness (QED) is 0.597. The largest absolute Gasteiger partial charge is 0.396 e. The highest BCUT2D eigenvalue weighted by Crippen LogP contribution is 2.24. The Morgan fingerprint density at radius 2 is 2.15 bits per heavy atom. The molecule has 1 aliphatic rings. The van der Waals surface area contributed by atoms with Crippen LogP contribution in [0.4, 0.5) is 0 Å². The predicted octanol–water partition coefficient (Wildman–Crippen LogP) is 0.812. The van der Waals surface area contributed by atoms with Gasteiger partial charge in [-0.25, -0.2) is 0 Å². The summed E-state index contributed by atoms with van der Waals surface area (Å²) in [4.78, 5) is 12.6. The van der Waals surface area contributed by atoms with Crippen LogP contribution in [0.1, 0.15) is 32.1 Å². The van der Waals surface area contributed by atoms with Crippen molar-refractivity contribution in [3.63, 3.8) is 0 Å². The van der Waals surface area contributed by atoms with Gasteiger partial charge in [0.15, 0.2) is 0 Å². The second-order valence-electron chi connectivity index (χ2n) is 3.65. The van der Waals surface area contributed by atoms with Crippen LogP contribution in [0.15, 0.2) is 0 Å². The van der Waals surface area contributed by atoms with E-state index in [1.54, 1.807) is 0 Å². The van der Waals surface area contributed by atoms with Gasteiger partial charge in [0.1, 0.15) is 6.29 Å². The van der Waals surface area contributed by atoms with E-state index in [-0.39, 0.29) is 6.61 Å². The zero-order valence-electron chi connectivity index (χ0n) is 8.11. The third kappa shape index (κ3) is 3.44. The molecule has 3 nitrogen and oxygen atoms in total. The molecule has 0 amide bonds. The highest BCUT2D eigenvalue weighted by molar-refractivity contribution is 5.49. The number of aliphatic hydroxyl groups is 1. The smallest absolute Gasteiger partial charge is 0.121 e. The Morgan fingerprint density at radius 3 is 2.62 bits per heavy atom. The number of aliphatic hydroxyl groups excluding tert-OH is 1. The lowest BCUT2D eigenvalue weighted by atomic mass is 9.91. The monoisotopic (exact) mass is 185 g/mol. The minimum absolute atomic E-state index is 0.254. The molecule has 76 valence electrons. The van der Waals surface area contributed by atoms with E-state index in [0.717, 1.165) is 25.8 Å². The van der Waals surface area contributed by atoms with Gasteiger partial charge >= 0.3 is 0 Å². The number of carbonyl (C=O) groups excluding carboxylic acids is 1. The fraction of sp³-hybridized carbons (Fsp3) is 0.900. The van der Waals surface area contributed by atoms with E-state index < -0.39 is 0 Å². The number of rotatable bonds is 7. The van der Waals surface area contributed by atoms with E-state index >= 15 is 0 Å². The molecule has 1 fully saturated rings. The Balaban J connectivity index is 2.20. The van der Waals surface area contributed by atoms with Gasteiger partial charge in [-0.1, -0.05) is 6.42 Å². The molecule has 0 spiro atoms. The molecule has 0 heterocycles. The van der Waals surface area contributed by atoms with Crippen molar-refractivity contribution in [2.45, 2.75) is 38.1 Å². The lowest BCUT2D eigenvalue weighted by Gasteiger charge is -2.37. The summed E-state index contributed by atoms with van der Waals surface area (Å²) in [5.74, 6) is 0. The number of hydrogen-bond acceptors (Lipinski definition) is 3. The van der Waals surface area contributed by atoms with E-state index in [0.29, 0.717) is 12.5 Å². The topological polar surface area (TPSA) is 40.5 Å². The lowest BCUT2D eigenvalue weighted by Crippen LogP contribution is -2.41. The van der Waals surface area contributed by atoms with Gasteiger partial charge in [-0.2, -0.15) is 0 Å². The molecule has 3 heteroatoms. The number of carbonyl (C=O) groups is 1. The first-order valence-corrected chi connectivity index (χ1v) is 5.17. The molecule has 0 bridgehead atoms. The first kappa shape index (κ1) is 10.7. The first-order chi connectivity index (χ1) is 6.38. The Labute approximate surface area is 79.7 Å². The summed E-state index contributed by atoms with van der Waals surface area (Å²) in [6.07, 6.45) is 6.29. The molecule has 13 heavy (non-hydrogen) atoms. The maximum atomic E-state index is 10.2. The first-order valence-electron chi connectivity index (χ1n) is 5.17. The highest BCUT2D eigenvalue weighted by atomic mass is 16.3. The summed E-state index contributed by atoms with van der Waals surface area (Å²) in [6.45, 7) is 2.06. The molecule has 0 saturated heterocycles. The summed E-state index contributed by atoms with van der Waals surface area (Å²) >= 11 is 0. The molecular weight excluding hydrogens is 166 g/mol. The molecule has 1 N–H and O–H groups in total. The molecule has 1 saturated carbocycles. The minimum Gasteiger partial charge on any atom is -0.396 e. The zero-order chi connectivity index (χ0) is 9.52. The maximum Gasteiger partial charge on any atom is 0.121 e.